The number of carbonyl (C=O) groups is 1. The third-order valence-electron chi connectivity index (χ3n) is 6.73. The number of benzene rings is 2. The standard InChI is InChI=1S/C27H28ClN3O2S/c1-17-5-3-4-6-20(17)16-31-11-9-18(10-12-31)15-29-26(32)23-14-21-13-19-7-8-22(33-2)24(28)25(19)30-27(21)34-23/h3-8,13-14,18H,9-12,15-16H2,1-2H3,(H,29,32). The zero-order valence-corrected chi connectivity index (χ0v) is 21.0. The van der Waals surface area contributed by atoms with Crippen LogP contribution in [0.1, 0.15) is 33.6 Å². The number of hydrogen-bond acceptors (Lipinski definition) is 5. The van der Waals surface area contributed by atoms with Crippen LogP contribution in [0.25, 0.3) is 21.1 Å². The number of ether oxygens (including phenoxy) is 1. The van der Waals surface area contributed by atoms with Gasteiger partial charge in [-0.05, 0) is 74.2 Å². The summed E-state index contributed by atoms with van der Waals surface area (Å²) in [5, 5.41) is 5.53. The van der Waals surface area contributed by atoms with Crippen molar-refractivity contribution in [2.24, 2.45) is 5.92 Å². The Balaban J connectivity index is 1.19. The molecule has 4 aromatic rings. The maximum absolute atomic E-state index is 12.9. The van der Waals surface area contributed by atoms with E-state index in [9.17, 15) is 4.79 Å². The number of carbonyl (C=O) groups excluding carboxylic acids is 1. The monoisotopic (exact) mass is 493 g/mol. The number of piperidine rings is 1. The molecule has 0 saturated carbocycles. The van der Waals surface area contributed by atoms with Crippen molar-refractivity contribution in [1.82, 2.24) is 15.2 Å². The first-order chi connectivity index (χ1) is 16.5. The van der Waals surface area contributed by atoms with E-state index in [1.54, 1.807) is 7.11 Å². The average Bonchev–Trinajstić information content (AvgIpc) is 3.27. The van der Waals surface area contributed by atoms with E-state index in [-0.39, 0.29) is 5.91 Å². The number of halogens is 1. The van der Waals surface area contributed by atoms with E-state index in [1.807, 2.05) is 24.3 Å². The molecule has 2 aromatic carbocycles. The number of nitrogens with zero attached hydrogens (tertiary/aromatic N) is 2. The first-order valence-corrected chi connectivity index (χ1v) is 12.8. The molecule has 7 heteroatoms. The van der Waals surface area contributed by atoms with Gasteiger partial charge in [-0.1, -0.05) is 35.9 Å². The molecule has 1 N–H and O–H groups in total. The summed E-state index contributed by atoms with van der Waals surface area (Å²) in [4.78, 5) is 21.6. The third kappa shape index (κ3) is 4.76. The fourth-order valence-electron chi connectivity index (χ4n) is 4.62. The Kier molecular flexibility index (Phi) is 6.73. The number of methoxy groups -OCH3 is 1. The summed E-state index contributed by atoms with van der Waals surface area (Å²) in [6, 6.07) is 16.3. The number of fused-ring (bicyclic) bond motifs is 2. The predicted octanol–water partition coefficient (Wildman–Crippen LogP) is 6.06. The predicted molar refractivity (Wildman–Crippen MR) is 140 cm³/mol. The Morgan fingerprint density at radius 3 is 2.74 bits per heavy atom. The molecular formula is C27H28ClN3O2S. The Morgan fingerprint density at radius 1 is 1.18 bits per heavy atom. The summed E-state index contributed by atoms with van der Waals surface area (Å²) in [5.74, 6) is 1.08. The lowest BCUT2D eigenvalue weighted by atomic mass is 9.96. The summed E-state index contributed by atoms with van der Waals surface area (Å²) >= 11 is 7.85. The van der Waals surface area contributed by atoms with Crippen LogP contribution in [0.2, 0.25) is 5.02 Å². The van der Waals surface area contributed by atoms with Gasteiger partial charge in [-0.2, -0.15) is 0 Å². The molecule has 1 fully saturated rings. The fourth-order valence-corrected chi connectivity index (χ4v) is 5.84. The van der Waals surface area contributed by atoms with Crippen molar-refractivity contribution >= 4 is 50.0 Å². The lowest BCUT2D eigenvalue weighted by Gasteiger charge is -2.32. The van der Waals surface area contributed by atoms with Crippen molar-refractivity contribution in [3.05, 3.63) is 69.6 Å². The summed E-state index contributed by atoms with van der Waals surface area (Å²) < 4.78 is 5.30. The lowest BCUT2D eigenvalue weighted by molar-refractivity contribution is 0.0939. The Hall–Kier alpha value is -2.67. The number of nitrogens with one attached hydrogen (secondary N) is 1. The highest BCUT2D eigenvalue weighted by Gasteiger charge is 2.21. The number of thiophene rings is 1. The van der Waals surface area contributed by atoms with Crippen molar-refractivity contribution in [2.75, 3.05) is 26.7 Å². The molecule has 5 rings (SSSR count). The van der Waals surface area contributed by atoms with Crippen LogP contribution in [-0.2, 0) is 6.54 Å². The topological polar surface area (TPSA) is 54.5 Å². The summed E-state index contributed by atoms with van der Waals surface area (Å²) in [6.45, 7) is 6.03. The molecular weight excluding hydrogens is 466 g/mol. The van der Waals surface area contributed by atoms with Gasteiger partial charge in [0, 0.05) is 23.9 Å². The van der Waals surface area contributed by atoms with Crippen molar-refractivity contribution in [3.63, 3.8) is 0 Å². The van der Waals surface area contributed by atoms with Gasteiger partial charge in [0.05, 0.1) is 17.5 Å². The number of pyridine rings is 1. The molecule has 0 aliphatic carbocycles. The highest BCUT2D eigenvalue weighted by molar-refractivity contribution is 7.20. The molecule has 0 spiro atoms. The summed E-state index contributed by atoms with van der Waals surface area (Å²) in [7, 11) is 1.59. The molecule has 0 atom stereocenters. The van der Waals surface area contributed by atoms with Gasteiger partial charge < -0.3 is 10.1 Å². The van der Waals surface area contributed by atoms with E-state index >= 15 is 0 Å². The van der Waals surface area contributed by atoms with Gasteiger partial charge in [-0.3, -0.25) is 9.69 Å². The van der Waals surface area contributed by atoms with Gasteiger partial charge in [0.1, 0.15) is 15.6 Å². The van der Waals surface area contributed by atoms with Crippen LogP contribution in [0.4, 0.5) is 0 Å². The third-order valence-corrected chi connectivity index (χ3v) is 8.14. The van der Waals surface area contributed by atoms with Crippen LogP contribution < -0.4 is 10.1 Å². The van der Waals surface area contributed by atoms with Crippen LogP contribution in [0.3, 0.4) is 0 Å². The van der Waals surface area contributed by atoms with Gasteiger partial charge in [0.25, 0.3) is 5.91 Å². The summed E-state index contributed by atoms with van der Waals surface area (Å²) in [5.41, 5.74) is 3.45. The van der Waals surface area contributed by atoms with Crippen LogP contribution >= 0.6 is 22.9 Å². The summed E-state index contributed by atoms with van der Waals surface area (Å²) in [6.07, 6.45) is 2.21. The maximum atomic E-state index is 12.9. The zero-order chi connectivity index (χ0) is 23.7. The lowest BCUT2D eigenvalue weighted by Crippen LogP contribution is -2.38. The van der Waals surface area contributed by atoms with Crippen LogP contribution in [-0.4, -0.2) is 42.5 Å². The Morgan fingerprint density at radius 2 is 1.97 bits per heavy atom. The van der Waals surface area contributed by atoms with E-state index in [1.165, 1.54) is 22.5 Å². The van der Waals surface area contributed by atoms with Crippen LogP contribution in [0, 0.1) is 12.8 Å². The molecule has 0 unspecified atom stereocenters. The van der Waals surface area contributed by atoms with Crippen molar-refractivity contribution in [2.45, 2.75) is 26.3 Å². The minimum Gasteiger partial charge on any atom is -0.495 e. The van der Waals surface area contributed by atoms with Gasteiger partial charge in [-0.25, -0.2) is 4.98 Å². The molecule has 1 aliphatic heterocycles. The number of aryl methyl sites for hydroxylation is 1. The van der Waals surface area contributed by atoms with E-state index in [2.05, 4.69) is 41.4 Å². The largest absolute Gasteiger partial charge is 0.495 e. The number of hydrogen-bond donors (Lipinski definition) is 1. The SMILES string of the molecule is COc1ccc2cc3cc(C(=O)NCC4CCN(Cc5ccccc5C)CC4)sc3nc2c1Cl. The Labute approximate surface area is 208 Å². The van der Waals surface area contributed by atoms with Gasteiger partial charge >= 0.3 is 0 Å². The fraction of sp³-hybridized carbons (Fsp3) is 0.333. The normalized spacial score (nSPS) is 15.1. The zero-order valence-electron chi connectivity index (χ0n) is 19.4. The molecule has 2 aromatic heterocycles. The van der Waals surface area contributed by atoms with Gasteiger partial charge in [-0.15, -0.1) is 11.3 Å². The molecule has 1 saturated heterocycles. The quantitative estimate of drug-likeness (QED) is 0.354. The van der Waals surface area contributed by atoms with Crippen molar-refractivity contribution < 1.29 is 9.53 Å². The van der Waals surface area contributed by atoms with E-state index in [0.717, 1.165) is 48.1 Å². The first-order valence-electron chi connectivity index (χ1n) is 11.6. The van der Waals surface area contributed by atoms with Crippen molar-refractivity contribution in [1.29, 1.82) is 0 Å². The molecule has 176 valence electrons. The first kappa shape index (κ1) is 23.1. The number of rotatable bonds is 6. The smallest absolute Gasteiger partial charge is 0.261 e. The highest BCUT2D eigenvalue weighted by Crippen LogP contribution is 2.35. The van der Waals surface area contributed by atoms with E-state index < -0.39 is 0 Å². The molecule has 34 heavy (non-hydrogen) atoms. The average molecular weight is 494 g/mol. The second-order valence-electron chi connectivity index (χ2n) is 9.00. The molecule has 1 amide bonds. The Bertz CT molecular complexity index is 1340. The molecule has 1 aliphatic rings. The number of amides is 1. The van der Waals surface area contributed by atoms with Gasteiger partial charge in [0.15, 0.2) is 0 Å². The van der Waals surface area contributed by atoms with Crippen LogP contribution in [0.15, 0.2) is 48.5 Å². The maximum Gasteiger partial charge on any atom is 0.261 e. The number of likely N-dealkylation sites (tertiary alicyclic amines) is 1. The molecule has 3 heterocycles. The molecule has 0 bridgehead atoms. The minimum absolute atomic E-state index is 0.0296. The van der Waals surface area contributed by atoms with Crippen LogP contribution in [0.5, 0.6) is 5.75 Å². The minimum atomic E-state index is -0.0296. The van der Waals surface area contributed by atoms with Crippen molar-refractivity contribution in [3.8, 4) is 5.75 Å². The molecule has 0 radical (unpaired) electrons. The highest BCUT2D eigenvalue weighted by atomic mass is 35.5. The molecule has 5 nitrogen and oxygen atoms in total. The second kappa shape index (κ2) is 9.90. The van der Waals surface area contributed by atoms with E-state index in [4.69, 9.17) is 21.3 Å². The van der Waals surface area contributed by atoms with Gasteiger partial charge in [0.2, 0.25) is 0 Å². The van der Waals surface area contributed by atoms with E-state index in [0.29, 0.717) is 33.6 Å². The second-order valence-corrected chi connectivity index (χ2v) is 10.4. The number of aromatic nitrogens is 1.